The highest BCUT2D eigenvalue weighted by Gasteiger charge is 2.23. The van der Waals surface area contributed by atoms with Gasteiger partial charge in [-0.25, -0.2) is 4.39 Å². The summed E-state index contributed by atoms with van der Waals surface area (Å²) >= 11 is 5.95. The number of halogens is 2. The van der Waals surface area contributed by atoms with Crippen LogP contribution in [-0.2, 0) is 27.2 Å². The minimum Gasteiger partial charge on any atom is -0.483 e. The number of amides is 1. The summed E-state index contributed by atoms with van der Waals surface area (Å²) in [6.07, 6.45) is 0. The van der Waals surface area contributed by atoms with Crippen LogP contribution in [0, 0.1) is 19.7 Å². The molecular weight excluding hydrogens is 459 g/mol. The molecule has 1 heterocycles. The first kappa shape index (κ1) is 24.4. The number of carbonyl (C=O) groups is 1. The van der Waals surface area contributed by atoms with Crippen LogP contribution in [0.2, 0.25) is 5.02 Å². The second-order valence-electron chi connectivity index (χ2n) is 7.95. The van der Waals surface area contributed by atoms with Gasteiger partial charge in [-0.3, -0.25) is 14.2 Å². The molecular formula is C22H26ClFN2O5S. The van der Waals surface area contributed by atoms with Crippen LogP contribution in [0.1, 0.15) is 22.3 Å². The minimum absolute atomic E-state index is 0.143. The molecule has 1 aliphatic rings. The number of hydrogen-bond donors (Lipinski definition) is 1. The minimum atomic E-state index is -4.26. The number of nitrogens with zero attached hydrogens (tertiary/aromatic N) is 2. The van der Waals surface area contributed by atoms with Crippen molar-refractivity contribution in [1.82, 2.24) is 9.80 Å². The third-order valence-electron chi connectivity index (χ3n) is 5.45. The van der Waals surface area contributed by atoms with Crippen molar-refractivity contribution >= 4 is 27.6 Å². The van der Waals surface area contributed by atoms with Crippen LogP contribution in [-0.4, -0.2) is 61.5 Å². The van der Waals surface area contributed by atoms with Gasteiger partial charge in [0.1, 0.15) is 17.3 Å². The van der Waals surface area contributed by atoms with E-state index in [1.165, 1.54) is 18.2 Å². The molecule has 0 bridgehead atoms. The molecule has 7 nitrogen and oxygen atoms in total. The van der Waals surface area contributed by atoms with Crippen molar-refractivity contribution in [2.75, 3.05) is 32.8 Å². The van der Waals surface area contributed by atoms with E-state index >= 15 is 0 Å². The Balaban J connectivity index is 1.54. The van der Waals surface area contributed by atoms with Crippen molar-refractivity contribution in [3.8, 4) is 5.75 Å². The molecule has 1 saturated heterocycles. The number of benzene rings is 2. The number of rotatable bonds is 7. The van der Waals surface area contributed by atoms with E-state index < -0.39 is 15.9 Å². The first-order valence-corrected chi connectivity index (χ1v) is 12.1. The maximum absolute atomic E-state index is 13.7. The largest absolute Gasteiger partial charge is 0.483 e. The average Bonchev–Trinajstić information content (AvgIpc) is 2.71. The highest BCUT2D eigenvalue weighted by molar-refractivity contribution is 7.85. The molecule has 0 spiro atoms. The van der Waals surface area contributed by atoms with Crippen LogP contribution >= 0.6 is 11.6 Å². The number of piperazine rings is 1. The van der Waals surface area contributed by atoms with Crippen molar-refractivity contribution < 1.29 is 26.9 Å². The molecule has 1 N–H and O–H groups in total. The monoisotopic (exact) mass is 484 g/mol. The van der Waals surface area contributed by atoms with Crippen LogP contribution in [0.25, 0.3) is 0 Å². The van der Waals surface area contributed by atoms with Gasteiger partial charge in [-0.05, 0) is 48.7 Å². The lowest BCUT2D eigenvalue weighted by Crippen LogP contribution is -2.49. The predicted octanol–water partition coefficient (Wildman–Crippen LogP) is 3.21. The predicted molar refractivity (Wildman–Crippen MR) is 120 cm³/mol. The molecule has 10 heteroatoms. The zero-order valence-corrected chi connectivity index (χ0v) is 19.5. The molecule has 174 valence electrons. The summed E-state index contributed by atoms with van der Waals surface area (Å²) < 4.78 is 50.8. The Morgan fingerprint density at radius 2 is 1.78 bits per heavy atom. The van der Waals surface area contributed by atoms with E-state index in [-0.39, 0.29) is 29.6 Å². The number of aryl methyl sites for hydroxylation is 2. The lowest BCUT2D eigenvalue weighted by Gasteiger charge is -2.35. The molecule has 0 aliphatic carbocycles. The zero-order chi connectivity index (χ0) is 23.5. The molecule has 3 rings (SSSR count). The Hall–Kier alpha value is -2.20. The SMILES string of the molecule is Cc1cc(CN2CCN(C(=O)COc3cc(Cl)ccc3CS(=O)(=O)O)CC2)c(C)cc1F. The van der Waals surface area contributed by atoms with Crippen molar-refractivity contribution in [3.63, 3.8) is 0 Å². The van der Waals surface area contributed by atoms with Gasteiger partial charge in [0, 0.05) is 43.3 Å². The summed E-state index contributed by atoms with van der Waals surface area (Å²) in [6, 6.07) is 7.76. The van der Waals surface area contributed by atoms with Crippen molar-refractivity contribution in [2.24, 2.45) is 0 Å². The Kier molecular flexibility index (Phi) is 7.76. The molecule has 2 aromatic carbocycles. The van der Waals surface area contributed by atoms with E-state index in [9.17, 15) is 17.6 Å². The fourth-order valence-electron chi connectivity index (χ4n) is 3.62. The van der Waals surface area contributed by atoms with Gasteiger partial charge >= 0.3 is 0 Å². The van der Waals surface area contributed by atoms with E-state index in [0.717, 1.165) is 11.1 Å². The molecule has 1 fully saturated rings. The zero-order valence-electron chi connectivity index (χ0n) is 18.0. The molecule has 1 amide bonds. The van der Waals surface area contributed by atoms with Crippen molar-refractivity contribution in [3.05, 3.63) is 63.4 Å². The van der Waals surface area contributed by atoms with Gasteiger partial charge in [0.15, 0.2) is 6.61 Å². The fraction of sp³-hybridized carbons (Fsp3) is 0.409. The van der Waals surface area contributed by atoms with E-state index in [0.29, 0.717) is 43.3 Å². The summed E-state index contributed by atoms with van der Waals surface area (Å²) in [5.41, 5.74) is 2.81. The lowest BCUT2D eigenvalue weighted by atomic mass is 10.0. The van der Waals surface area contributed by atoms with Crippen LogP contribution < -0.4 is 4.74 Å². The smallest absolute Gasteiger partial charge is 0.269 e. The summed E-state index contributed by atoms with van der Waals surface area (Å²) in [5.74, 6) is -0.920. The second-order valence-corrected chi connectivity index (χ2v) is 9.84. The third-order valence-corrected chi connectivity index (χ3v) is 6.37. The highest BCUT2D eigenvalue weighted by atomic mass is 35.5. The molecule has 0 radical (unpaired) electrons. The Morgan fingerprint density at radius 1 is 1.09 bits per heavy atom. The van der Waals surface area contributed by atoms with Gasteiger partial charge in [-0.2, -0.15) is 8.42 Å². The Labute approximate surface area is 192 Å². The Morgan fingerprint density at radius 3 is 2.44 bits per heavy atom. The second kappa shape index (κ2) is 10.2. The maximum atomic E-state index is 13.7. The average molecular weight is 485 g/mol. The van der Waals surface area contributed by atoms with Gasteiger partial charge in [-0.15, -0.1) is 0 Å². The topological polar surface area (TPSA) is 87.2 Å². The summed E-state index contributed by atoms with van der Waals surface area (Å²) in [4.78, 5) is 16.5. The van der Waals surface area contributed by atoms with Gasteiger partial charge in [-0.1, -0.05) is 23.7 Å². The van der Waals surface area contributed by atoms with Gasteiger partial charge in [0.2, 0.25) is 0 Å². The van der Waals surface area contributed by atoms with E-state index in [2.05, 4.69) is 4.90 Å². The number of ether oxygens (including phenoxy) is 1. The lowest BCUT2D eigenvalue weighted by molar-refractivity contribution is -0.135. The Bertz CT molecular complexity index is 1100. The molecule has 1 aliphatic heterocycles. The van der Waals surface area contributed by atoms with E-state index in [4.69, 9.17) is 20.9 Å². The standard InChI is InChI=1S/C22H26ClFN2O5S/c1-15-10-20(24)16(2)9-18(15)12-25-5-7-26(8-6-25)22(27)13-31-21-11-19(23)4-3-17(21)14-32(28,29)30/h3-4,9-11H,5-8,12-14H2,1-2H3,(H,28,29,30). The summed E-state index contributed by atoms with van der Waals surface area (Å²) in [6.45, 7) is 6.45. The molecule has 32 heavy (non-hydrogen) atoms. The molecule has 0 saturated carbocycles. The van der Waals surface area contributed by atoms with Gasteiger partial charge in [0.05, 0.1) is 0 Å². The van der Waals surface area contributed by atoms with Gasteiger partial charge < -0.3 is 9.64 Å². The molecule has 0 unspecified atom stereocenters. The van der Waals surface area contributed by atoms with Crippen LogP contribution in [0.4, 0.5) is 4.39 Å². The quantitative estimate of drug-likeness (QED) is 0.607. The van der Waals surface area contributed by atoms with E-state index in [1.807, 2.05) is 13.0 Å². The third kappa shape index (κ3) is 6.65. The normalized spacial score (nSPS) is 15.1. The summed E-state index contributed by atoms with van der Waals surface area (Å²) in [7, 11) is -4.26. The van der Waals surface area contributed by atoms with Crippen LogP contribution in [0.15, 0.2) is 30.3 Å². The number of carbonyl (C=O) groups excluding carboxylic acids is 1. The first-order chi connectivity index (χ1) is 15.0. The van der Waals surface area contributed by atoms with Crippen molar-refractivity contribution in [1.29, 1.82) is 0 Å². The van der Waals surface area contributed by atoms with Gasteiger partial charge in [0.25, 0.3) is 16.0 Å². The molecule has 0 atom stereocenters. The molecule has 2 aromatic rings. The van der Waals surface area contributed by atoms with Crippen LogP contribution in [0.5, 0.6) is 5.75 Å². The maximum Gasteiger partial charge on any atom is 0.269 e. The fourth-order valence-corrected chi connectivity index (χ4v) is 4.41. The number of hydrogen-bond acceptors (Lipinski definition) is 5. The first-order valence-electron chi connectivity index (χ1n) is 10.1. The summed E-state index contributed by atoms with van der Waals surface area (Å²) in [5, 5.41) is 0.325. The van der Waals surface area contributed by atoms with Crippen LogP contribution in [0.3, 0.4) is 0 Å². The highest BCUT2D eigenvalue weighted by Crippen LogP contribution is 2.25. The van der Waals surface area contributed by atoms with E-state index in [1.54, 1.807) is 17.9 Å². The molecule has 0 aromatic heterocycles. The van der Waals surface area contributed by atoms with Crippen molar-refractivity contribution in [2.45, 2.75) is 26.1 Å².